The molecule has 1 heteroatoms. The highest BCUT2D eigenvalue weighted by molar-refractivity contribution is 7.40. The molecule has 0 radical (unpaired) electrons. The summed E-state index contributed by atoms with van der Waals surface area (Å²) in [6.07, 6.45) is 0. The van der Waals surface area contributed by atoms with Crippen molar-refractivity contribution in [3.05, 3.63) is 0 Å². The molecule has 1 rings (SSSR count). The predicted molar refractivity (Wildman–Crippen MR) is 45.6 cm³/mol. The Labute approximate surface area is 60.2 Å². The summed E-state index contributed by atoms with van der Waals surface area (Å²) in [5.74, 6) is 1.94. The Morgan fingerprint density at radius 1 is 0.778 bits per heavy atom. The van der Waals surface area contributed by atoms with Gasteiger partial charge in [-0.15, -0.1) is 8.58 Å². The number of rotatable bonds is 0. The van der Waals surface area contributed by atoms with E-state index in [4.69, 9.17) is 0 Å². The first-order valence-corrected chi connectivity index (χ1v) is 5.04. The zero-order chi connectivity index (χ0) is 7.02. The van der Waals surface area contributed by atoms with Gasteiger partial charge in [-0.3, -0.25) is 0 Å². The van der Waals surface area contributed by atoms with Crippen LogP contribution in [0.25, 0.3) is 0 Å². The van der Waals surface area contributed by atoms with Gasteiger partial charge in [0.15, 0.2) is 0 Å². The summed E-state index contributed by atoms with van der Waals surface area (Å²) in [5, 5.41) is 0. The van der Waals surface area contributed by atoms with E-state index in [0.29, 0.717) is 0 Å². The molecule has 9 heavy (non-hydrogen) atoms. The third-order valence-electron chi connectivity index (χ3n) is 2.93. The van der Waals surface area contributed by atoms with Crippen LogP contribution in [0.4, 0.5) is 0 Å². The van der Waals surface area contributed by atoms with Crippen molar-refractivity contribution in [2.24, 2.45) is 11.8 Å². The van der Waals surface area contributed by atoms with Gasteiger partial charge in [0, 0.05) is 0 Å². The van der Waals surface area contributed by atoms with E-state index in [2.05, 4.69) is 27.7 Å². The normalized spacial score (nSPS) is 54.7. The Morgan fingerprint density at radius 2 is 1.11 bits per heavy atom. The average molecular weight is 144 g/mol. The van der Waals surface area contributed by atoms with Gasteiger partial charge in [0.1, 0.15) is 0 Å². The average Bonchev–Trinajstić information content (AvgIpc) is 1.98. The van der Waals surface area contributed by atoms with Crippen LogP contribution < -0.4 is 0 Å². The molecule has 0 N–H and O–H groups in total. The summed E-state index contributed by atoms with van der Waals surface area (Å²) >= 11 is 0. The smallest absolute Gasteiger partial charge is 0.0234 e. The Kier molecular flexibility index (Phi) is 2.16. The second kappa shape index (κ2) is 2.58. The van der Waals surface area contributed by atoms with Crippen molar-refractivity contribution in [3.8, 4) is 0 Å². The minimum Gasteiger partial charge on any atom is -0.116 e. The molecule has 1 heterocycles. The fourth-order valence-corrected chi connectivity index (χ4v) is 3.67. The maximum Gasteiger partial charge on any atom is -0.0234 e. The lowest BCUT2D eigenvalue weighted by atomic mass is 9.92. The third-order valence-corrected chi connectivity index (χ3v) is 5.04. The van der Waals surface area contributed by atoms with Gasteiger partial charge < -0.3 is 0 Å². The molecule has 54 valence electrons. The van der Waals surface area contributed by atoms with Crippen molar-refractivity contribution in [2.45, 2.75) is 39.0 Å². The monoisotopic (exact) mass is 144 g/mol. The van der Waals surface area contributed by atoms with E-state index in [1.165, 1.54) is 8.58 Å². The maximum atomic E-state index is 2.39. The van der Waals surface area contributed by atoms with E-state index in [1.54, 1.807) is 0 Å². The van der Waals surface area contributed by atoms with Crippen molar-refractivity contribution >= 4 is 8.58 Å². The van der Waals surface area contributed by atoms with Crippen molar-refractivity contribution in [1.82, 2.24) is 0 Å². The van der Waals surface area contributed by atoms with Crippen LogP contribution in [0, 0.1) is 11.8 Å². The molecule has 4 atom stereocenters. The summed E-state index contributed by atoms with van der Waals surface area (Å²) in [7, 11) is 1.22. The van der Waals surface area contributed by atoms with E-state index >= 15 is 0 Å². The van der Waals surface area contributed by atoms with Gasteiger partial charge in [-0.1, -0.05) is 27.7 Å². The second-order valence-electron chi connectivity index (χ2n) is 3.46. The predicted octanol–water partition coefficient (Wildman–Crippen LogP) is 2.73. The van der Waals surface area contributed by atoms with Gasteiger partial charge in [0.2, 0.25) is 0 Å². The molecule has 0 aromatic carbocycles. The molecule has 0 aromatic heterocycles. The van der Waals surface area contributed by atoms with Crippen LogP contribution in [0.15, 0.2) is 0 Å². The van der Waals surface area contributed by atoms with Crippen LogP contribution in [0.2, 0.25) is 0 Å². The molecule has 0 spiro atoms. The van der Waals surface area contributed by atoms with Gasteiger partial charge in [0.25, 0.3) is 0 Å². The first-order valence-electron chi connectivity index (χ1n) is 3.89. The summed E-state index contributed by atoms with van der Waals surface area (Å²) in [6, 6.07) is 0. The fraction of sp³-hybridized carbons (Fsp3) is 1.00. The Hall–Kier alpha value is 0.430. The molecule has 1 saturated heterocycles. The summed E-state index contributed by atoms with van der Waals surface area (Å²) in [6.45, 7) is 9.57. The molecule has 1 aliphatic rings. The zero-order valence-corrected chi connectivity index (χ0v) is 7.81. The van der Waals surface area contributed by atoms with Gasteiger partial charge in [-0.05, 0) is 23.2 Å². The minimum atomic E-state index is 0.971. The van der Waals surface area contributed by atoms with Crippen LogP contribution >= 0.6 is 8.58 Å². The van der Waals surface area contributed by atoms with E-state index < -0.39 is 0 Å². The topological polar surface area (TPSA) is 0 Å². The lowest BCUT2D eigenvalue weighted by molar-refractivity contribution is 0.413. The lowest BCUT2D eigenvalue weighted by Crippen LogP contribution is -2.12. The zero-order valence-electron chi connectivity index (χ0n) is 6.81. The lowest BCUT2D eigenvalue weighted by Gasteiger charge is -2.13. The maximum absolute atomic E-state index is 2.39. The summed E-state index contributed by atoms with van der Waals surface area (Å²) < 4.78 is 0. The van der Waals surface area contributed by atoms with Gasteiger partial charge >= 0.3 is 0 Å². The molecule has 0 aliphatic carbocycles. The van der Waals surface area contributed by atoms with E-state index in [0.717, 1.165) is 23.2 Å². The molecular weight excluding hydrogens is 127 g/mol. The van der Waals surface area contributed by atoms with Crippen molar-refractivity contribution < 1.29 is 0 Å². The summed E-state index contributed by atoms with van der Waals surface area (Å²) in [5.41, 5.74) is 1.99. The van der Waals surface area contributed by atoms with Crippen LogP contribution in [0.3, 0.4) is 0 Å². The molecule has 0 saturated carbocycles. The molecule has 1 aliphatic heterocycles. The Balaban J connectivity index is 2.54. The number of hydrogen-bond donors (Lipinski definition) is 0. The highest BCUT2D eigenvalue weighted by atomic mass is 31.1. The Bertz CT molecular complexity index is 88.7. The van der Waals surface area contributed by atoms with E-state index in [1.807, 2.05) is 0 Å². The molecule has 0 amide bonds. The Morgan fingerprint density at radius 3 is 1.22 bits per heavy atom. The van der Waals surface area contributed by atoms with Crippen LogP contribution in [0.5, 0.6) is 0 Å². The highest BCUT2D eigenvalue weighted by Gasteiger charge is 2.31. The molecule has 0 nitrogen and oxygen atoms in total. The first kappa shape index (κ1) is 7.54. The van der Waals surface area contributed by atoms with Gasteiger partial charge in [-0.2, -0.15) is 0 Å². The van der Waals surface area contributed by atoms with Crippen LogP contribution in [0.1, 0.15) is 27.7 Å². The highest BCUT2D eigenvalue weighted by Crippen LogP contribution is 2.46. The fourth-order valence-electron chi connectivity index (χ4n) is 1.63. The summed E-state index contributed by atoms with van der Waals surface area (Å²) in [4.78, 5) is 0. The van der Waals surface area contributed by atoms with Gasteiger partial charge in [0.05, 0.1) is 0 Å². The molecule has 0 bridgehead atoms. The second-order valence-corrected chi connectivity index (χ2v) is 5.62. The van der Waals surface area contributed by atoms with Crippen molar-refractivity contribution in [3.63, 3.8) is 0 Å². The standard InChI is InChI=1S/C8H17P/c1-5-6(2)8(4)9-7(5)3/h5-9H,1-4H3. The van der Waals surface area contributed by atoms with E-state index in [-0.39, 0.29) is 0 Å². The SMILES string of the molecule is CC1PC(C)C(C)C1C. The number of hydrogen-bond acceptors (Lipinski definition) is 0. The van der Waals surface area contributed by atoms with E-state index in [9.17, 15) is 0 Å². The van der Waals surface area contributed by atoms with Crippen molar-refractivity contribution in [2.75, 3.05) is 0 Å². The molecular formula is C8H17P. The van der Waals surface area contributed by atoms with Crippen molar-refractivity contribution in [1.29, 1.82) is 0 Å². The first-order chi connectivity index (χ1) is 4.13. The largest absolute Gasteiger partial charge is 0.116 e. The quantitative estimate of drug-likeness (QED) is 0.458. The molecule has 0 aromatic rings. The minimum absolute atomic E-state index is 0.971. The molecule has 4 unspecified atom stereocenters. The van der Waals surface area contributed by atoms with Crippen LogP contribution in [-0.2, 0) is 0 Å². The van der Waals surface area contributed by atoms with Gasteiger partial charge in [-0.25, -0.2) is 0 Å². The van der Waals surface area contributed by atoms with Crippen LogP contribution in [-0.4, -0.2) is 11.3 Å². The third kappa shape index (κ3) is 1.29. The molecule has 1 fully saturated rings.